The lowest BCUT2D eigenvalue weighted by Crippen LogP contribution is -2.19. The molecule has 1 aromatic heterocycles. The topological polar surface area (TPSA) is 123 Å². The SMILES string of the molecule is CCc1nn(-c2ccccc2)c2cc(NC(=O)c3cccc(C(=N)N)c3OC(C)=O)ccc12. The van der Waals surface area contributed by atoms with Crippen molar-refractivity contribution in [3.05, 3.63) is 83.6 Å². The average Bonchev–Trinajstić information content (AvgIpc) is 3.17. The monoisotopic (exact) mass is 441 g/mol. The summed E-state index contributed by atoms with van der Waals surface area (Å²) in [7, 11) is 0. The third kappa shape index (κ3) is 4.31. The fourth-order valence-corrected chi connectivity index (χ4v) is 3.66. The summed E-state index contributed by atoms with van der Waals surface area (Å²) in [6.07, 6.45) is 0.769. The number of aromatic nitrogens is 2. The third-order valence-electron chi connectivity index (χ3n) is 5.15. The van der Waals surface area contributed by atoms with Gasteiger partial charge in [-0.2, -0.15) is 5.10 Å². The van der Waals surface area contributed by atoms with Crippen LogP contribution in [0.2, 0.25) is 0 Å². The highest BCUT2D eigenvalue weighted by molar-refractivity contribution is 6.10. The summed E-state index contributed by atoms with van der Waals surface area (Å²) >= 11 is 0. The van der Waals surface area contributed by atoms with Crippen molar-refractivity contribution < 1.29 is 14.3 Å². The maximum absolute atomic E-state index is 13.1. The average molecular weight is 441 g/mol. The molecule has 1 heterocycles. The van der Waals surface area contributed by atoms with Gasteiger partial charge in [0.15, 0.2) is 5.75 Å². The summed E-state index contributed by atoms with van der Waals surface area (Å²) in [5.74, 6) is -1.45. The number of fused-ring (bicyclic) bond motifs is 1. The molecule has 166 valence electrons. The van der Waals surface area contributed by atoms with Crippen molar-refractivity contribution in [1.82, 2.24) is 9.78 Å². The van der Waals surface area contributed by atoms with Gasteiger partial charge < -0.3 is 15.8 Å². The van der Waals surface area contributed by atoms with E-state index in [0.29, 0.717) is 5.69 Å². The van der Waals surface area contributed by atoms with Crippen molar-refractivity contribution >= 4 is 34.3 Å². The first-order chi connectivity index (χ1) is 15.9. The van der Waals surface area contributed by atoms with Crippen LogP contribution in [-0.2, 0) is 11.2 Å². The van der Waals surface area contributed by atoms with Gasteiger partial charge in [-0.3, -0.25) is 15.0 Å². The first-order valence-electron chi connectivity index (χ1n) is 10.4. The molecule has 4 rings (SSSR count). The number of carbonyl (C=O) groups is 2. The minimum Gasteiger partial charge on any atom is -0.425 e. The number of hydrogen-bond acceptors (Lipinski definition) is 5. The first-order valence-corrected chi connectivity index (χ1v) is 10.4. The van der Waals surface area contributed by atoms with Crippen LogP contribution >= 0.6 is 0 Å². The molecule has 0 aliphatic carbocycles. The number of nitrogens with zero attached hydrogens (tertiary/aromatic N) is 2. The number of nitrogens with one attached hydrogen (secondary N) is 2. The van der Waals surface area contributed by atoms with Crippen LogP contribution in [0.1, 0.15) is 35.5 Å². The summed E-state index contributed by atoms with van der Waals surface area (Å²) in [5.41, 5.74) is 9.16. The largest absolute Gasteiger partial charge is 0.425 e. The van der Waals surface area contributed by atoms with E-state index in [0.717, 1.165) is 28.7 Å². The van der Waals surface area contributed by atoms with Gasteiger partial charge >= 0.3 is 5.97 Å². The molecule has 1 amide bonds. The number of amides is 1. The molecule has 4 aromatic rings. The van der Waals surface area contributed by atoms with Crippen LogP contribution in [0.3, 0.4) is 0 Å². The number of rotatable bonds is 6. The van der Waals surface area contributed by atoms with Crippen molar-refractivity contribution in [3.63, 3.8) is 0 Å². The molecular formula is C25H23N5O3. The van der Waals surface area contributed by atoms with Crippen LogP contribution in [0, 0.1) is 5.41 Å². The van der Waals surface area contributed by atoms with E-state index in [4.69, 9.17) is 21.0 Å². The van der Waals surface area contributed by atoms with Crippen molar-refractivity contribution in [1.29, 1.82) is 5.41 Å². The Hall–Kier alpha value is -4.46. The van der Waals surface area contributed by atoms with Gasteiger partial charge in [-0.25, -0.2) is 4.68 Å². The van der Waals surface area contributed by atoms with Gasteiger partial charge in [-0.15, -0.1) is 0 Å². The minimum atomic E-state index is -0.613. The highest BCUT2D eigenvalue weighted by Crippen LogP contribution is 2.28. The lowest BCUT2D eigenvalue weighted by Gasteiger charge is -2.13. The first kappa shape index (κ1) is 21.8. The predicted molar refractivity (Wildman–Crippen MR) is 127 cm³/mol. The van der Waals surface area contributed by atoms with Gasteiger partial charge in [0.1, 0.15) is 5.84 Å². The molecule has 8 heteroatoms. The molecule has 4 N–H and O–H groups in total. The predicted octanol–water partition coefficient (Wildman–Crippen LogP) is 4.05. The number of nitrogens with two attached hydrogens (primary N) is 1. The van der Waals surface area contributed by atoms with Crippen LogP contribution in [0.15, 0.2) is 66.7 Å². The molecule has 0 aliphatic rings. The zero-order valence-electron chi connectivity index (χ0n) is 18.3. The fraction of sp³-hybridized carbons (Fsp3) is 0.120. The van der Waals surface area contributed by atoms with E-state index >= 15 is 0 Å². The van der Waals surface area contributed by atoms with Crippen LogP contribution in [-0.4, -0.2) is 27.5 Å². The molecule has 0 radical (unpaired) electrons. The third-order valence-corrected chi connectivity index (χ3v) is 5.15. The van der Waals surface area contributed by atoms with Crippen LogP contribution < -0.4 is 15.8 Å². The van der Waals surface area contributed by atoms with E-state index in [9.17, 15) is 9.59 Å². The Morgan fingerprint density at radius 1 is 1.06 bits per heavy atom. The Labute approximate surface area is 190 Å². The zero-order valence-corrected chi connectivity index (χ0v) is 18.3. The number of benzene rings is 3. The molecular weight excluding hydrogens is 418 g/mol. The number of hydrogen-bond donors (Lipinski definition) is 3. The number of aryl methyl sites for hydroxylation is 1. The second kappa shape index (κ2) is 8.96. The zero-order chi connectivity index (χ0) is 23.5. The maximum atomic E-state index is 13.1. The highest BCUT2D eigenvalue weighted by atomic mass is 16.5. The van der Waals surface area contributed by atoms with Gasteiger partial charge in [0, 0.05) is 18.0 Å². The number of anilines is 1. The Kier molecular flexibility index (Phi) is 5.91. The number of para-hydroxylation sites is 2. The second-order valence-electron chi connectivity index (χ2n) is 7.42. The van der Waals surface area contributed by atoms with Crippen molar-refractivity contribution in [2.45, 2.75) is 20.3 Å². The molecule has 0 saturated heterocycles. The second-order valence-corrected chi connectivity index (χ2v) is 7.42. The Morgan fingerprint density at radius 3 is 2.45 bits per heavy atom. The number of ether oxygens (including phenoxy) is 1. The highest BCUT2D eigenvalue weighted by Gasteiger charge is 2.20. The van der Waals surface area contributed by atoms with Gasteiger partial charge in [0.2, 0.25) is 0 Å². The van der Waals surface area contributed by atoms with E-state index in [-0.39, 0.29) is 22.7 Å². The summed E-state index contributed by atoms with van der Waals surface area (Å²) in [5, 5.41) is 16.3. The van der Waals surface area contributed by atoms with E-state index in [1.807, 2.05) is 54.1 Å². The van der Waals surface area contributed by atoms with E-state index in [1.165, 1.54) is 19.1 Å². The summed E-state index contributed by atoms with van der Waals surface area (Å²) in [4.78, 5) is 24.7. The van der Waals surface area contributed by atoms with E-state index in [1.54, 1.807) is 12.1 Å². The van der Waals surface area contributed by atoms with Crippen molar-refractivity contribution in [3.8, 4) is 11.4 Å². The molecule has 0 saturated carbocycles. The maximum Gasteiger partial charge on any atom is 0.308 e. The molecule has 0 bridgehead atoms. The lowest BCUT2D eigenvalue weighted by atomic mass is 10.1. The molecule has 33 heavy (non-hydrogen) atoms. The van der Waals surface area contributed by atoms with Crippen molar-refractivity contribution in [2.75, 3.05) is 5.32 Å². The molecule has 0 unspecified atom stereocenters. The number of nitrogen functional groups attached to an aromatic ring is 1. The van der Waals surface area contributed by atoms with Gasteiger partial charge in [-0.05, 0) is 48.9 Å². The fourth-order valence-electron chi connectivity index (χ4n) is 3.66. The van der Waals surface area contributed by atoms with Crippen LogP contribution in [0.5, 0.6) is 5.75 Å². The molecule has 8 nitrogen and oxygen atoms in total. The smallest absolute Gasteiger partial charge is 0.308 e. The van der Waals surface area contributed by atoms with Gasteiger partial charge in [0.05, 0.1) is 28.0 Å². The number of amidine groups is 1. The van der Waals surface area contributed by atoms with Crippen LogP contribution in [0.25, 0.3) is 16.6 Å². The molecule has 0 aliphatic heterocycles. The Balaban J connectivity index is 1.74. The van der Waals surface area contributed by atoms with Crippen molar-refractivity contribution in [2.24, 2.45) is 5.73 Å². The van der Waals surface area contributed by atoms with Gasteiger partial charge in [0.25, 0.3) is 5.91 Å². The molecule has 0 atom stereocenters. The summed E-state index contributed by atoms with van der Waals surface area (Å²) in [6.45, 7) is 3.27. The number of esters is 1. The van der Waals surface area contributed by atoms with E-state index < -0.39 is 11.9 Å². The quantitative estimate of drug-likeness (QED) is 0.180. The lowest BCUT2D eigenvalue weighted by molar-refractivity contribution is -0.131. The standard InChI is InChI=1S/C25H23N5O3/c1-3-21-18-13-12-16(14-22(18)30(29-21)17-8-5-4-6-9-17)28-25(32)20-11-7-10-19(24(26)27)23(20)33-15(2)31/h4-14H,3H2,1-2H3,(H3,26,27)(H,28,32). The molecule has 3 aromatic carbocycles. The summed E-state index contributed by atoms with van der Waals surface area (Å²) in [6, 6.07) is 20.0. The summed E-state index contributed by atoms with van der Waals surface area (Å²) < 4.78 is 7.08. The normalized spacial score (nSPS) is 10.7. The number of carbonyl (C=O) groups excluding carboxylic acids is 2. The molecule has 0 spiro atoms. The Bertz CT molecular complexity index is 1380. The molecule has 0 fully saturated rings. The minimum absolute atomic E-state index is 0.0429. The van der Waals surface area contributed by atoms with Crippen LogP contribution in [0.4, 0.5) is 5.69 Å². The van der Waals surface area contributed by atoms with Gasteiger partial charge in [-0.1, -0.05) is 31.2 Å². The Morgan fingerprint density at radius 2 is 1.79 bits per heavy atom. The van der Waals surface area contributed by atoms with E-state index in [2.05, 4.69) is 5.32 Å².